The van der Waals surface area contributed by atoms with Crippen LogP contribution in [0.25, 0.3) is 11.2 Å². The smallest absolute Gasteiger partial charge is 0.351 e. The molecule has 2 aromatic heterocycles. The molecule has 3 rings (SSSR count). The van der Waals surface area contributed by atoms with Crippen LogP contribution in [0.2, 0.25) is 0 Å². The van der Waals surface area contributed by atoms with Crippen LogP contribution in [0, 0.1) is 0 Å². The van der Waals surface area contributed by atoms with E-state index in [1.165, 1.54) is 10.9 Å². The molecule has 0 spiro atoms. The Balaban J connectivity index is 2.05. The van der Waals surface area contributed by atoms with E-state index >= 15 is 0 Å². The molecule has 0 saturated carbocycles. The van der Waals surface area contributed by atoms with Crippen molar-refractivity contribution in [3.8, 4) is 0 Å². The molecule has 0 aliphatic heterocycles. The minimum absolute atomic E-state index is 0.0373. The quantitative estimate of drug-likeness (QED) is 0.637. The highest BCUT2D eigenvalue weighted by molar-refractivity contribution is 5.82. The number of anilines is 1. The van der Waals surface area contributed by atoms with Crippen molar-refractivity contribution in [2.45, 2.75) is 6.54 Å². The van der Waals surface area contributed by atoms with E-state index in [1.54, 1.807) is 0 Å². The maximum atomic E-state index is 12.2. The highest BCUT2D eigenvalue weighted by Gasteiger charge is 2.12. The van der Waals surface area contributed by atoms with E-state index in [0.29, 0.717) is 30.1 Å². The van der Waals surface area contributed by atoms with Crippen molar-refractivity contribution in [1.82, 2.24) is 19.5 Å². The van der Waals surface area contributed by atoms with Gasteiger partial charge in [0.2, 0.25) is 0 Å². The molecule has 3 N–H and O–H groups in total. The third-order valence-corrected chi connectivity index (χ3v) is 3.14. The van der Waals surface area contributed by atoms with Gasteiger partial charge in [0.05, 0.1) is 19.5 Å². The number of hydrogen-bond acceptors (Lipinski definition) is 5. The second-order valence-electron chi connectivity index (χ2n) is 4.57. The fourth-order valence-electron chi connectivity index (χ4n) is 2.18. The average Bonchev–Trinajstić information content (AvgIpc) is 2.99. The number of aliphatic hydroxyl groups is 1. The first-order chi connectivity index (χ1) is 10.3. The predicted octanol–water partition coefficient (Wildman–Crippen LogP) is 0.572. The molecule has 0 atom stereocenters. The summed E-state index contributed by atoms with van der Waals surface area (Å²) in [4.78, 5) is 23.4. The summed E-state index contributed by atoms with van der Waals surface area (Å²) in [5.74, 6) is 0.408. The van der Waals surface area contributed by atoms with E-state index in [0.717, 1.165) is 5.56 Å². The minimum atomic E-state index is -0.376. The normalized spacial score (nSPS) is 10.9. The van der Waals surface area contributed by atoms with Gasteiger partial charge in [-0.1, -0.05) is 30.3 Å². The summed E-state index contributed by atoms with van der Waals surface area (Å²) >= 11 is 0. The number of imidazole rings is 1. The van der Waals surface area contributed by atoms with E-state index in [-0.39, 0.29) is 12.3 Å². The Morgan fingerprint density at radius 1 is 1.29 bits per heavy atom. The summed E-state index contributed by atoms with van der Waals surface area (Å²) in [7, 11) is 0. The highest BCUT2D eigenvalue weighted by atomic mass is 16.3. The first-order valence-corrected chi connectivity index (χ1v) is 6.62. The van der Waals surface area contributed by atoms with Gasteiger partial charge < -0.3 is 15.4 Å². The van der Waals surface area contributed by atoms with Gasteiger partial charge in [-0.2, -0.15) is 4.98 Å². The maximum absolute atomic E-state index is 12.2. The molecule has 0 aliphatic rings. The first kappa shape index (κ1) is 13.3. The fraction of sp³-hybridized carbons (Fsp3) is 0.214. The van der Waals surface area contributed by atoms with E-state index < -0.39 is 0 Å². The lowest BCUT2D eigenvalue weighted by atomic mass is 10.2. The number of fused-ring (bicyclic) bond motifs is 1. The number of hydrogen-bond donors (Lipinski definition) is 3. The van der Waals surface area contributed by atoms with Gasteiger partial charge in [-0.3, -0.25) is 4.57 Å². The SMILES string of the molecule is O=c1nc(NCCO)c2[nH]cnc2n1Cc1ccccc1. The molecule has 0 bridgehead atoms. The third kappa shape index (κ3) is 2.63. The Hall–Kier alpha value is -2.67. The van der Waals surface area contributed by atoms with E-state index in [1.807, 2.05) is 30.3 Å². The molecule has 0 amide bonds. The molecular formula is C14H15N5O2. The molecule has 0 fully saturated rings. The Morgan fingerprint density at radius 3 is 2.86 bits per heavy atom. The summed E-state index contributed by atoms with van der Waals surface area (Å²) in [5.41, 5.74) is 1.82. The molecule has 21 heavy (non-hydrogen) atoms. The molecule has 0 unspecified atom stereocenters. The van der Waals surface area contributed by atoms with Gasteiger partial charge in [-0.25, -0.2) is 9.78 Å². The molecule has 0 saturated heterocycles. The van der Waals surface area contributed by atoms with E-state index in [4.69, 9.17) is 5.11 Å². The zero-order valence-electron chi connectivity index (χ0n) is 11.3. The van der Waals surface area contributed by atoms with Crippen LogP contribution in [-0.2, 0) is 6.54 Å². The number of aliphatic hydroxyl groups excluding tert-OH is 1. The van der Waals surface area contributed by atoms with Gasteiger partial charge in [0.25, 0.3) is 0 Å². The lowest BCUT2D eigenvalue weighted by Gasteiger charge is -2.09. The summed E-state index contributed by atoms with van der Waals surface area (Å²) in [6.45, 7) is 0.696. The van der Waals surface area contributed by atoms with Crippen LogP contribution in [0.1, 0.15) is 5.56 Å². The van der Waals surface area contributed by atoms with Crippen LogP contribution in [0.4, 0.5) is 5.82 Å². The van der Waals surface area contributed by atoms with Gasteiger partial charge in [-0.15, -0.1) is 0 Å². The Bertz CT molecular complexity index is 794. The second-order valence-corrected chi connectivity index (χ2v) is 4.57. The zero-order chi connectivity index (χ0) is 14.7. The van der Waals surface area contributed by atoms with Crippen LogP contribution in [0.3, 0.4) is 0 Å². The Labute approximate surface area is 120 Å². The van der Waals surface area contributed by atoms with Crippen LogP contribution in [0.5, 0.6) is 0 Å². The number of benzene rings is 1. The van der Waals surface area contributed by atoms with Gasteiger partial charge in [0, 0.05) is 6.54 Å². The molecule has 3 aromatic rings. The van der Waals surface area contributed by atoms with Crippen LogP contribution < -0.4 is 11.0 Å². The van der Waals surface area contributed by atoms with Crippen molar-refractivity contribution < 1.29 is 5.11 Å². The van der Waals surface area contributed by atoms with E-state index in [9.17, 15) is 4.79 Å². The zero-order valence-corrected chi connectivity index (χ0v) is 11.3. The van der Waals surface area contributed by atoms with E-state index in [2.05, 4.69) is 20.3 Å². The molecule has 7 nitrogen and oxygen atoms in total. The maximum Gasteiger partial charge on any atom is 0.351 e. The topological polar surface area (TPSA) is 95.8 Å². The van der Waals surface area contributed by atoms with Crippen molar-refractivity contribution >= 4 is 17.0 Å². The number of aromatic nitrogens is 4. The lowest BCUT2D eigenvalue weighted by molar-refractivity contribution is 0.311. The largest absolute Gasteiger partial charge is 0.395 e. The van der Waals surface area contributed by atoms with Crippen molar-refractivity contribution in [2.24, 2.45) is 0 Å². The van der Waals surface area contributed by atoms with Crippen LogP contribution in [0.15, 0.2) is 41.5 Å². The highest BCUT2D eigenvalue weighted by Crippen LogP contribution is 2.15. The molecule has 7 heteroatoms. The Kier molecular flexibility index (Phi) is 3.65. The predicted molar refractivity (Wildman–Crippen MR) is 79.3 cm³/mol. The van der Waals surface area contributed by atoms with Gasteiger partial charge in [0.1, 0.15) is 5.52 Å². The Morgan fingerprint density at radius 2 is 2.10 bits per heavy atom. The number of aromatic amines is 1. The molecule has 2 heterocycles. The average molecular weight is 285 g/mol. The molecule has 1 aromatic carbocycles. The summed E-state index contributed by atoms with van der Waals surface area (Å²) in [6, 6.07) is 9.67. The first-order valence-electron chi connectivity index (χ1n) is 6.62. The van der Waals surface area contributed by atoms with Gasteiger partial charge >= 0.3 is 5.69 Å². The molecule has 108 valence electrons. The molecule has 0 aliphatic carbocycles. The minimum Gasteiger partial charge on any atom is -0.395 e. The number of nitrogens with zero attached hydrogens (tertiary/aromatic N) is 3. The third-order valence-electron chi connectivity index (χ3n) is 3.14. The lowest BCUT2D eigenvalue weighted by Crippen LogP contribution is -2.26. The summed E-state index contributed by atoms with van der Waals surface area (Å²) in [5, 5.41) is 11.8. The van der Waals surface area contributed by atoms with Crippen molar-refractivity contribution in [1.29, 1.82) is 0 Å². The number of H-pyrrole nitrogens is 1. The van der Waals surface area contributed by atoms with Gasteiger partial charge in [-0.05, 0) is 5.56 Å². The summed E-state index contributed by atoms with van der Waals surface area (Å²) < 4.78 is 1.52. The summed E-state index contributed by atoms with van der Waals surface area (Å²) in [6.07, 6.45) is 1.53. The molecule has 0 radical (unpaired) electrons. The molecular weight excluding hydrogens is 270 g/mol. The number of rotatable bonds is 5. The van der Waals surface area contributed by atoms with Crippen LogP contribution in [-0.4, -0.2) is 37.8 Å². The number of nitrogens with one attached hydrogen (secondary N) is 2. The van der Waals surface area contributed by atoms with Crippen molar-refractivity contribution in [3.63, 3.8) is 0 Å². The van der Waals surface area contributed by atoms with Gasteiger partial charge in [0.15, 0.2) is 11.5 Å². The second kappa shape index (κ2) is 5.76. The van der Waals surface area contributed by atoms with Crippen LogP contribution >= 0.6 is 0 Å². The van der Waals surface area contributed by atoms with Crippen molar-refractivity contribution in [3.05, 3.63) is 52.7 Å². The van der Waals surface area contributed by atoms with Crippen molar-refractivity contribution in [2.75, 3.05) is 18.5 Å². The monoisotopic (exact) mass is 285 g/mol. The fourth-order valence-corrected chi connectivity index (χ4v) is 2.18. The standard InChI is InChI=1S/C14H15N5O2/c20-7-6-15-12-11-13(17-9-16-11)19(14(21)18-12)8-10-4-2-1-3-5-10/h1-5,9,20H,6-8H2,(H,16,17)(H,15,18,21).